The van der Waals surface area contributed by atoms with Crippen LogP contribution < -0.4 is 0 Å². The van der Waals surface area contributed by atoms with E-state index in [4.69, 9.17) is 10.2 Å². The summed E-state index contributed by atoms with van der Waals surface area (Å²) in [4.78, 5) is 9.53. The van der Waals surface area contributed by atoms with Gasteiger partial charge in [-0.2, -0.15) is 0 Å². The molecule has 1 rings (SSSR count). The number of carboxylic acids is 1. The Morgan fingerprint density at radius 1 is 1.38 bits per heavy atom. The maximum atomic E-state index is 9.53. The van der Waals surface area contributed by atoms with Crippen molar-refractivity contribution in [2.75, 3.05) is 0 Å². The molecule has 13 heavy (non-hydrogen) atoms. The quantitative estimate of drug-likeness (QED) is 0.685. The van der Waals surface area contributed by atoms with E-state index in [9.17, 15) is 4.79 Å². The first kappa shape index (κ1) is 11.2. The number of phenolic OH excluding ortho intramolecular Hbond substituents is 1. The highest BCUT2D eigenvalue weighted by atomic mass is 16.4. The predicted octanol–water partition coefficient (Wildman–Crippen LogP) is 2.04. The molecule has 0 aliphatic carbocycles. The Kier molecular flexibility index (Phi) is 5.97. The molecule has 0 aromatic heterocycles. The van der Waals surface area contributed by atoms with Crippen molar-refractivity contribution in [3.05, 3.63) is 43.0 Å². The van der Waals surface area contributed by atoms with Crippen molar-refractivity contribution < 1.29 is 15.0 Å². The number of para-hydroxylation sites is 1. The van der Waals surface area contributed by atoms with Crippen LogP contribution in [0.5, 0.6) is 5.75 Å². The van der Waals surface area contributed by atoms with E-state index in [0.29, 0.717) is 5.75 Å². The Morgan fingerprint density at radius 2 is 1.92 bits per heavy atom. The fraction of sp³-hybridized carbons (Fsp3) is 0.100. The maximum absolute atomic E-state index is 9.53. The molecular formula is C10H12O3. The van der Waals surface area contributed by atoms with Crippen molar-refractivity contribution in [3.8, 4) is 5.75 Å². The normalized spacial score (nSPS) is 8.00. The molecule has 0 atom stereocenters. The molecule has 0 unspecified atom stereocenters. The van der Waals surface area contributed by atoms with Gasteiger partial charge in [0, 0.05) is 0 Å². The fourth-order valence-electron chi connectivity index (χ4n) is 0.551. The lowest BCUT2D eigenvalue weighted by Gasteiger charge is -1.82. The molecule has 0 aliphatic rings. The van der Waals surface area contributed by atoms with Crippen molar-refractivity contribution >= 4 is 5.97 Å². The first-order chi connectivity index (χ1) is 6.16. The van der Waals surface area contributed by atoms with Crippen LogP contribution in [0, 0.1) is 0 Å². The molecule has 70 valence electrons. The molecule has 3 heteroatoms. The van der Waals surface area contributed by atoms with E-state index in [-0.39, 0.29) is 6.42 Å². The van der Waals surface area contributed by atoms with Crippen LogP contribution in [0.3, 0.4) is 0 Å². The SMILES string of the molecule is C=CCC(=O)O.Oc1ccccc1. The third-order valence-corrected chi connectivity index (χ3v) is 1.08. The Labute approximate surface area is 77.0 Å². The number of phenols is 1. The zero-order valence-electron chi connectivity index (χ0n) is 7.18. The van der Waals surface area contributed by atoms with Gasteiger partial charge in [0.1, 0.15) is 5.75 Å². The van der Waals surface area contributed by atoms with Gasteiger partial charge in [-0.1, -0.05) is 24.3 Å². The molecule has 2 N–H and O–H groups in total. The summed E-state index contributed by atoms with van der Waals surface area (Å²) in [6.07, 6.45) is 1.41. The predicted molar refractivity (Wildman–Crippen MR) is 50.6 cm³/mol. The molecule has 0 amide bonds. The number of hydrogen-bond donors (Lipinski definition) is 2. The van der Waals surface area contributed by atoms with E-state index in [2.05, 4.69) is 6.58 Å². The topological polar surface area (TPSA) is 57.5 Å². The lowest BCUT2D eigenvalue weighted by atomic mass is 10.3. The van der Waals surface area contributed by atoms with Crippen molar-refractivity contribution in [1.29, 1.82) is 0 Å². The van der Waals surface area contributed by atoms with Crippen LogP contribution in [0.2, 0.25) is 0 Å². The number of benzene rings is 1. The number of carbonyl (C=O) groups is 1. The minimum Gasteiger partial charge on any atom is -0.508 e. The number of aliphatic carboxylic acids is 1. The zero-order chi connectivity index (χ0) is 10.1. The van der Waals surface area contributed by atoms with Crippen LogP contribution in [-0.4, -0.2) is 16.2 Å². The number of rotatable bonds is 2. The Bertz CT molecular complexity index is 254. The molecule has 0 saturated heterocycles. The molecular weight excluding hydrogens is 168 g/mol. The Hall–Kier alpha value is -1.77. The van der Waals surface area contributed by atoms with Crippen LogP contribution in [0.1, 0.15) is 6.42 Å². The first-order valence-electron chi connectivity index (χ1n) is 3.73. The summed E-state index contributed by atoms with van der Waals surface area (Å²) in [5.74, 6) is -0.507. The first-order valence-corrected chi connectivity index (χ1v) is 3.73. The number of carboxylic acid groups (broad SMARTS) is 1. The summed E-state index contributed by atoms with van der Waals surface area (Å²) >= 11 is 0. The summed E-state index contributed by atoms with van der Waals surface area (Å²) in [5.41, 5.74) is 0. The summed E-state index contributed by atoms with van der Waals surface area (Å²) in [6.45, 7) is 3.22. The highest BCUT2D eigenvalue weighted by Crippen LogP contribution is 2.02. The molecule has 1 aromatic rings. The molecule has 0 fully saturated rings. The summed E-state index contributed by atoms with van der Waals surface area (Å²) < 4.78 is 0. The van der Waals surface area contributed by atoms with Crippen LogP contribution in [0.25, 0.3) is 0 Å². The molecule has 0 heterocycles. The van der Waals surface area contributed by atoms with Crippen molar-refractivity contribution in [2.24, 2.45) is 0 Å². The number of aromatic hydroxyl groups is 1. The van der Waals surface area contributed by atoms with Crippen LogP contribution in [0.4, 0.5) is 0 Å². The minimum absolute atomic E-state index is 0.0556. The number of hydrogen-bond acceptors (Lipinski definition) is 2. The molecule has 3 nitrogen and oxygen atoms in total. The molecule has 0 radical (unpaired) electrons. The van der Waals surface area contributed by atoms with Gasteiger partial charge in [-0.15, -0.1) is 6.58 Å². The van der Waals surface area contributed by atoms with Crippen LogP contribution in [0.15, 0.2) is 43.0 Å². The van der Waals surface area contributed by atoms with Gasteiger partial charge in [-0.25, -0.2) is 0 Å². The fourth-order valence-corrected chi connectivity index (χ4v) is 0.551. The summed E-state index contributed by atoms with van der Waals surface area (Å²) in [5, 5.41) is 16.5. The highest BCUT2D eigenvalue weighted by Gasteiger charge is 1.84. The lowest BCUT2D eigenvalue weighted by Crippen LogP contribution is -1.88. The van der Waals surface area contributed by atoms with Gasteiger partial charge >= 0.3 is 5.97 Å². The minimum atomic E-state index is -0.829. The molecule has 0 saturated carbocycles. The van der Waals surface area contributed by atoms with Crippen molar-refractivity contribution in [2.45, 2.75) is 6.42 Å². The Morgan fingerprint density at radius 3 is 2.08 bits per heavy atom. The van der Waals surface area contributed by atoms with E-state index >= 15 is 0 Å². The van der Waals surface area contributed by atoms with Gasteiger partial charge in [0.05, 0.1) is 6.42 Å². The van der Waals surface area contributed by atoms with E-state index in [1.165, 1.54) is 6.08 Å². The molecule has 0 aliphatic heterocycles. The van der Waals surface area contributed by atoms with Gasteiger partial charge in [-0.05, 0) is 12.1 Å². The average molecular weight is 180 g/mol. The van der Waals surface area contributed by atoms with E-state index in [1.54, 1.807) is 24.3 Å². The average Bonchev–Trinajstić information content (AvgIpc) is 2.06. The molecule has 0 spiro atoms. The summed E-state index contributed by atoms with van der Waals surface area (Å²) in [7, 11) is 0. The van der Waals surface area contributed by atoms with Gasteiger partial charge in [0.15, 0.2) is 0 Å². The zero-order valence-corrected chi connectivity index (χ0v) is 7.18. The standard InChI is InChI=1S/C6H6O.C4H6O2/c7-6-4-2-1-3-5-6;1-2-3-4(5)6/h1-5,7H;2H,1,3H2,(H,5,6). The van der Waals surface area contributed by atoms with Gasteiger partial charge < -0.3 is 10.2 Å². The third-order valence-electron chi connectivity index (χ3n) is 1.08. The molecule has 1 aromatic carbocycles. The summed E-state index contributed by atoms with van der Waals surface area (Å²) in [6, 6.07) is 8.71. The van der Waals surface area contributed by atoms with E-state index in [1.807, 2.05) is 6.07 Å². The van der Waals surface area contributed by atoms with Crippen molar-refractivity contribution in [1.82, 2.24) is 0 Å². The van der Waals surface area contributed by atoms with Gasteiger partial charge in [-0.3, -0.25) is 4.79 Å². The second kappa shape index (κ2) is 6.91. The van der Waals surface area contributed by atoms with Gasteiger partial charge in [0.25, 0.3) is 0 Å². The largest absolute Gasteiger partial charge is 0.508 e. The highest BCUT2D eigenvalue weighted by molar-refractivity contribution is 5.68. The second-order valence-corrected chi connectivity index (χ2v) is 2.22. The maximum Gasteiger partial charge on any atom is 0.307 e. The van der Waals surface area contributed by atoms with E-state index < -0.39 is 5.97 Å². The molecule has 0 bridgehead atoms. The van der Waals surface area contributed by atoms with Crippen molar-refractivity contribution in [3.63, 3.8) is 0 Å². The van der Waals surface area contributed by atoms with Crippen LogP contribution in [-0.2, 0) is 4.79 Å². The van der Waals surface area contributed by atoms with Gasteiger partial charge in [0.2, 0.25) is 0 Å². The second-order valence-electron chi connectivity index (χ2n) is 2.22. The smallest absolute Gasteiger partial charge is 0.307 e. The van der Waals surface area contributed by atoms with Crippen LogP contribution >= 0.6 is 0 Å². The third kappa shape index (κ3) is 8.13. The Balaban J connectivity index is 0.000000226. The lowest BCUT2D eigenvalue weighted by molar-refractivity contribution is -0.135. The van der Waals surface area contributed by atoms with E-state index in [0.717, 1.165) is 0 Å². The monoisotopic (exact) mass is 180 g/mol.